The molecule has 1 aliphatic heterocycles. The summed E-state index contributed by atoms with van der Waals surface area (Å²) in [5.41, 5.74) is 6.67. The third kappa shape index (κ3) is 2.64. The summed E-state index contributed by atoms with van der Waals surface area (Å²) in [5.74, 6) is 0.0781. The van der Waals surface area contributed by atoms with E-state index in [9.17, 15) is 4.79 Å². The molecule has 0 bridgehead atoms. The largest absolute Gasteiger partial charge is 0.334 e. The smallest absolute Gasteiger partial charge is 0.254 e. The van der Waals surface area contributed by atoms with Crippen LogP contribution in [0.5, 0.6) is 0 Å². The molecule has 0 unspecified atom stereocenters. The number of carbonyl (C=O) groups is 1. The van der Waals surface area contributed by atoms with Gasteiger partial charge in [-0.1, -0.05) is 0 Å². The van der Waals surface area contributed by atoms with Gasteiger partial charge in [-0.2, -0.15) is 0 Å². The van der Waals surface area contributed by atoms with Gasteiger partial charge in [0, 0.05) is 36.6 Å². The minimum atomic E-state index is 0.0288. The monoisotopic (exact) mass is 233 g/mol. The highest BCUT2D eigenvalue weighted by atomic mass is 16.2. The maximum atomic E-state index is 12.4. The number of hydrogen-bond donors (Lipinski definition) is 1. The predicted molar refractivity (Wildman–Crippen MR) is 66.6 cm³/mol. The van der Waals surface area contributed by atoms with Gasteiger partial charge in [0.2, 0.25) is 0 Å². The molecule has 0 saturated carbocycles. The normalized spacial score (nSPS) is 22.2. The Bertz CT molecular complexity index is 378. The molecule has 92 valence electrons. The molecule has 1 saturated heterocycles. The third-order valence-corrected chi connectivity index (χ3v) is 3.34. The Morgan fingerprint density at radius 1 is 1.47 bits per heavy atom. The minimum Gasteiger partial charge on any atom is -0.334 e. The van der Waals surface area contributed by atoms with Crippen molar-refractivity contribution in [1.82, 2.24) is 9.88 Å². The van der Waals surface area contributed by atoms with Gasteiger partial charge in [-0.25, -0.2) is 0 Å². The van der Waals surface area contributed by atoms with Crippen LogP contribution in [0.2, 0.25) is 0 Å². The lowest BCUT2D eigenvalue weighted by Gasteiger charge is -2.38. The molecule has 1 fully saturated rings. The van der Waals surface area contributed by atoms with Crippen LogP contribution in [0.1, 0.15) is 36.5 Å². The number of hydrogen-bond acceptors (Lipinski definition) is 3. The van der Waals surface area contributed by atoms with E-state index in [1.807, 2.05) is 11.8 Å². The SMILES string of the molecule is C[C@H](N)[C@@H]1CCCCN1C(=O)c1ccncc1. The van der Waals surface area contributed by atoms with Crippen molar-refractivity contribution in [1.29, 1.82) is 0 Å². The van der Waals surface area contributed by atoms with Gasteiger partial charge in [0.15, 0.2) is 0 Å². The van der Waals surface area contributed by atoms with Crippen molar-refractivity contribution in [3.8, 4) is 0 Å². The van der Waals surface area contributed by atoms with Gasteiger partial charge in [0.1, 0.15) is 0 Å². The highest BCUT2D eigenvalue weighted by Gasteiger charge is 2.29. The average molecular weight is 233 g/mol. The lowest BCUT2D eigenvalue weighted by Crippen LogP contribution is -2.51. The zero-order valence-electron chi connectivity index (χ0n) is 10.2. The second-order valence-corrected chi connectivity index (χ2v) is 4.66. The highest BCUT2D eigenvalue weighted by molar-refractivity contribution is 5.94. The Morgan fingerprint density at radius 2 is 2.18 bits per heavy atom. The lowest BCUT2D eigenvalue weighted by atomic mass is 9.96. The first-order chi connectivity index (χ1) is 8.20. The van der Waals surface area contributed by atoms with Gasteiger partial charge in [0.05, 0.1) is 0 Å². The molecular formula is C13H19N3O. The van der Waals surface area contributed by atoms with Crippen molar-refractivity contribution in [3.63, 3.8) is 0 Å². The molecule has 4 nitrogen and oxygen atoms in total. The van der Waals surface area contributed by atoms with E-state index in [1.165, 1.54) is 0 Å². The quantitative estimate of drug-likeness (QED) is 0.840. The molecule has 2 N–H and O–H groups in total. The summed E-state index contributed by atoms with van der Waals surface area (Å²) in [6, 6.07) is 3.72. The van der Waals surface area contributed by atoms with E-state index in [-0.39, 0.29) is 18.0 Å². The first-order valence-corrected chi connectivity index (χ1v) is 6.16. The number of likely N-dealkylation sites (tertiary alicyclic amines) is 1. The van der Waals surface area contributed by atoms with E-state index < -0.39 is 0 Å². The maximum Gasteiger partial charge on any atom is 0.254 e. The van der Waals surface area contributed by atoms with Crippen LogP contribution < -0.4 is 5.73 Å². The van der Waals surface area contributed by atoms with Crippen LogP contribution in [0.25, 0.3) is 0 Å². The van der Waals surface area contributed by atoms with Gasteiger partial charge in [-0.3, -0.25) is 9.78 Å². The van der Waals surface area contributed by atoms with Crippen LogP contribution in [0.4, 0.5) is 0 Å². The van der Waals surface area contributed by atoms with Crippen molar-refractivity contribution in [2.45, 2.75) is 38.3 Å². The molecule has 2 rings (SSSR count). The van der Waals surface area contributed by atoms with E-state index in [4.69, 9.17) is 5.73 Å². The van der Waals surface area contributed by atoms with Crippen LogP contribution in [0.15, 0.2) is 24.5 Å². The Morgan fingerprint density at radius 3 is 2.82 bits per heavy atom. The zero-order chi connectivity index (χ0) is 12.3. The molecule has 0 radical (unpaired) electrons. The fraction of sp³-hybridized carbons (Fsp3) is 0.538. The predicted octanol–water partition coefficient (Wildman–Crippen LogP) is 1.42. The number of aromatic nitrogens is 1. The van der Waals surface area contributed by atoms with E-state index >= 15 is 0 Å². The molecule has 2 atom stereocenters. The Kier molecular flexibility index (Phi) is 3.74. The second-order valence-electron chi connectivity index (χ2n) is 4.66. The van der Waals surface area contributed by atoms with Gasteiger partial charge >= 0.3 is 0 Å². The molecule has 1 aliphatic rings. The van der Waals surface area contributed by atoms with Crippen LogP contribution in [-0.4, -0.2) is 34.4 Å². The van der Waals surface area contributed by atoms with E-state index in [0.29, 0.717) is 5.56 Å². The number of rotatable bonds is 2. The number of pyridine rings is 1. The van der Waals surface area contributed by atoms with Crippen LogP contribution >= 0.6 is 0 Å². The van der Waals surface area contributed by atoms with Crippen LogP contribution in [-0.2, 0) is 0 Å². The second kappa shape index (κ2) is 5.27. The molecule has 1 aromatic heterocycles. The molecule has 2 heterocycles. The van der Waals surface area contributed by atoms with E-state index in [0.717, 1.165) is 25.8 Å². The summed E-state index contributed by atoms with van der Waals surface area (Å²) in [7, 11) is 0. The number of nitrogens with zero attached hydrogens (tertiary/aromatic N) is 2. The molecule has 0 aromatic carbocycles. The summed E-state index contributed by atoms with van der Waals surface area (Å²) in [6.45, 7) is 2.79. The molecule has 1 aromatic rings. The summed E-state index contributed by atoms with van der Waals surface area (Å²) in [4.78, 5) is 18.2. The van der Waals surface area contributed by atoms with Gasteiger partial charge in [-0.05, 0) is 38.3 Å². The first kappa shape index (κ1) is 12.0. The number of amides is 1. The molecule has 0 aliphatic carbocycles. The molecule has 4 heteroatoms. The average Bonchev–Trinajstić information content (AvgIpc) is 2.39. The number of carbonyl (C=O) groups excluding carboxylic acids is 1. The van der Waals surface area contributed by atoms with E-state index in [2.05, 4.69) is 4.98 Å². The third-order valence-electron chi connectivity index (χ3n) is 3.34. The zero-order valence-corrected chi connectivity index (χ0v) is 10.2. The van der Waals surface area contributed by atoms with Gasteiger partial charge in [0.25, 0.3) is 5.91 Å². The highest BCUT2D eigenvalue weighted by Crippen LogP contribution is 2.21. The standard InChI is InChI=1S/C13H19N3O/c1-10(14)12-4-2-3-9-16(12)13(17)11-5-7-15-8-6-11/h5-8,10,12H,2-4,9,14H2,1H3/t10-,12-/m0/s1. The Balaban J connectivity index is 2.17. The molecular weight excluding hydrogens is 214 g/mol. The van der Waals surface area contributed by atoms with Crippen molar-refractivity contribution < 1.29 is 4.79 Å². The molecule has 17 heavy (non-hydrogen) atoms. The van der Waals surface area contributed by atoms with Gasteiger partial charge < -0.3 is 10.6 Å². The van der Waals surface area contributed by atoms with Crippen molar-refractivity contribution in [3.05, 3.63) is 30.1 Å². The summed E-state index contributed by atoms with van der Waals surface area (Å²) >= 11 is 0. The van der Waals surface area contributed by atoms with Crippen molar-refractivity contribution in [2.75, 3.05) is 6.54 Å². The van der Waals surface area contributed by atoms with Crippen LogP contribution in [0.3, 0.4) is 0 Å². The van der Waals surface area contributed by atoms with Crippen LogP contribution in [0, 0.1) is 0 Å². The number of nitrogens with two attached hydrogens (primary N) is 1. The fourth-order valence-corrected chi connectivity index (χ4v) is 2.42. The van der Waals surface area contributed by atoms with Crippen molar-refractivity contribution >= 4 is 5.91 Å². The minimum absolute atomic E-state index is 0.0288. The Labute approximate surface area is 102 Å². The van der Waals surface area contributed by atoms with Crippen molar-refractivity contribution in [2.24, 2.45) is 5.73 Å². The summed E-state index contributed by atoms with van der Waals surface area (Å²) in [5, 5.41) is 0. The summed E-state index contributed by atoms with van der Waals surface area (Å²) in [6.07, 6.45) is 6.54. The Hall–Kier alpha value is -1.42. The lowest BCUT2D eigenvalue weighted by molar-refractivity contribution is 0.0583. The van der Waals surface area contributed by atoms with E-state index in [1.54, 1.807) is 24.5 Å². The first-order valence-electron chi connectivity index (χ1n) is 6.16. The molecule has 0 spiro atoms. The van der Waals surface area contributed by atoms with Gasteiger partial charge in [-0.15, -0.1) is 0 Å². The summed E-state index contributed by atoms with van der Waals surface area (Å²) < 4.78 is 0. The fourth-order valence-electron chi connectivity index (χ4n) is 2.42. The molecule has 1 amide bonds. The maximum absolute atomic E-state index is 12.4. The number of piperidine rings is 1. The topological polar surface area (TPSA) is 59.2 Å².